The first-order valence-electron chi connectivity index (χ1n) is 7.05. The van der Waals surface area contributed by atoms with E-state index in [2.05, 4.69) is 10.3 Å². The van der Waals surface area contributed by atoms with Crippen molar-refractivity contribution in [3.63, 3.8) is 0 Å². The number of aromatic nitrogens is 1. The first-order valence-corrected chi connectivity index (χ1v) is 7.05. The quantitative estimate of drug-likeness (QED) is 0.948. The predicted molar refractivity (Wildman–Crippen MR) is 78.5 cm³/mol. The van der Waals surface area contributed by atoms with Crippen LogP contribution in [0.15, 0.2) is 42.7 Å². The Morgan fingerprint density at radius 1 is 1.23 bits per heavy atom. The molecule has 6 heteroatoms. The van der Waals surface area contributed by atoms with E-state index in [1.807, 2.05) is 12.1 Å². The third-order valence-corrected chi connectivity index (χ3v) is 3.68. The Labute approximate surface area is 126 Å². The fourth-order valence-corrected chi connectivity index (χ4v) is 2.61. The molecule has 1 atom stereocenters. The molecule has 114 valence electrons. The van der Waals surface area contributed by atoms with Crippen molar-refractivity contribution in [2.24, 2.45) is 0 Å². The molecule has 2 aromatic rings. The van der Waals surface area contributed by atoms with Crippen LogP contribution in [0.4, 0.5) is 14.5 Å². The van der Waals surface area contributed by atoms with Crippen LogP contribution in [0.3, 0.4) is 0 Å². The second kappa shape index (κ2) is 6.09. The van der Waals surface area contributed by atoms with Crippen molar-refractivity contribution in [1.29, 1.82) is 0 Å². The highest BCUT2D eigenvalue weighted by atomic mass is 19.1. The molecule has 4 nitrogen and oxygen atoms in total. The maximum absolute atomic E-state index is 13.7. The fourth-order valence-electron chi connectivity index (χ4n) is 2.61. The fraction of sp³-hybridized carbons (Fsp3) is 0.250. The van der Waals surface area contributed by atoms with Gasteiger partial charge in [-0.1, -0.05) is 6.07 Å². The average molecular weight is 303 g/mol. The monoisotopic (exact) mass is 303 g/mol. The van der Waals surface area contributed by atoms with E-state index in [-0.39, 0.29) is 6.04 Å². The van der Waals surface area contributed by atoms with E-state index in [9.17, 15) is 13.6 Å². The topological polar surface area (TPSA) is 45.2 Å². The van der Waals surface area contributed by atoms with Crippen molar-refractivity contribution in [1.82, 2.24) is 9.88 Å². The maximum Gasteiger partial charge on any atom is 0.259 e. The molecule has 0 bridgehead atoms. The van der Waals surface area contributed by atoms with Crippen molar-refractivity contribution < 1.29 is 13.6 Å². The molecule has 0 saturated carbocycles. The summed E-state index contributed by atoms with van der Waals surface area (Å²) < 4.78 is 27.4. The van der Waals surface area contributed by atoms with E-state index >= 15 is 0 Å². The number of anilines is 1. The normalized spacial score (nSPS) is 17.5. The molecule has 1 aliphatic rings. The lowest BCUT2D eigenvalue weighted by Crippen LogP contribution is -2.32. The Balaban J connectivity index is 1.69. The van der Waals surface area contributed by atoms with Gasteiger partial charge in [0, 0.05) is 31.5 Å². The predicted octanol–water partition coefficient (Wildman–Crippen LogP) is 2.69. The van der Waals surface area contributed by atoms with E-state index in [1.54, 1.807) is 12.4 Å². The number of carbonyl (C=O) groups excluding carboxylic acids is 1. The third kappa shape index (κ3) is 2.90. The van der Waals surface area contributed by atoms with Gasteiger partial charge in [0.2, 0.25) is 0 Å². The largest absolute Gasteiger partial charge is 0.379 e. The third-order valence-electron chi connectivity index (χ3n) is 3.68. The van der Waals surface area contributed by atoms with Gasteiger partial charge in [0.15, 0.2) is 0 Å². The lowest BCUT2D eigenvalue weighted by atomic mass is 10.1. The summed E-state index contributed by atoms with van der Waals surface area (Å²) in [6.07, 6.45) is 4.09. The van der Waals surface area contributed by atoms with Gasteiger partial charge in [0.1, 0.15) is 17.2 Å². The summed E-state index contributed by atoms with van der Waals surface area (Å²) in [6, 6.07) is 7.18. The number of likely N-dealkylation sites (tertiary alicyclic amines) is 1. The number of hydrogen-bond acceptors (Lipinski definition) is 3. The van der Waals surface area contributed by atoms with Crippen molar-refractivity contribution in [3.8, 4) is 0 Å². The molecular formula is C16H15F2N3O. The number of amides is 1. The standard InChI is InChI=1S/C16H15F2N3O/c17-13-4-1-5-14(18)15(13)16(22)21-8-6-12(10-21)20-11-3-2-7-19-9-11/h1-5,7,9,12,20H,6,8,10H2. The molecule has 0 spiro atoms. The van der Waals surface area contributed by atoms with E-state index in [0.717, 1.165) is 24.2 Å². The minimum Gasteiger partial charge on any atom is -0.379 e. The van der Waals surface area contributed by atoms with Gasteiger partial charge in [-0.25, -0.2) is 8.78 Å². The zero-order valence-corrected chi connectivity index (χ0v) is 11.8. The van der Waals surface area contributed by atoms with Crippen LogP contribution in [-0.2, 0) is 0 Å². The highest BCUT2D eigenvalue weighted by molar-refractivity contribution is 5.95. The van der Waals surface area contributed by atoms with E-state index < -0.39 is 23.1 Å². The minimum atomic E-state index is -0.825. The molecule has 1 unspecified atom stereocenters. The summed E-state index contributed by atoms with van der Waals surface area (Å²) in [5.41, 5.74) is 0.378. The van der Waals surface area contributed by atoms with Crippen LogP contribution in [0.1, 0.15) is 16.8 Å². The molecule has 1 aromatic heterocycles. The van der Waals surface area contributed by atoms with Crippen LogP contribution in [0, 0.1) is 11.6 Å². The van der Waals surface area contributed by atoms with Gasteiger partial charge in [-0.2, -0.15) is 0 Å². The molecule has 1 saturated heterocycles. The SMILES string of the molecule is O=C(c1c(F)cccc1F)N1CCC(Nc2cccnc2)C1. The zero-order chi connectivity index (χ0) is 15.5. The molecule has 0 aliphatic carbocycles. The van der Waals surface area contributed by atoms with E-state index in [0.29, 0.717) is 13.1 Å². The molecule has 3 rings (SSSR count). The number of nitrogens with zero attached hydrogens (tertiary/aromatic N) is 2. The van der Waals surface area contributed by atoms with Crippen LogP contribution in [0.25, 0.3) is 0 Å². The average Bonchev–Trinajstić information content (AvgIpc) is 2.96. The van der Waals surface area contributed by atoms with Gasteiger partial charge >= 0.3 is 0 Å². The van der Waals surface area contributed by atoms with Crippen LogP contribution in [0.5, 0.6) is 0 Å². The molecule has 1 amide bonds. The molecule has 1 aromatic carbocycles. The van der Waals surface area contributed by atoms with Gasteiger partial charge in [0.25, 0.3) is 5.91 Å². The second-order valence-electron chi connectivity index (χ2n) is 5.22. The summed E-state index contributed by atoms with van der Waals surface area (Å²) >= 11 is 0. The highest BCUT2D eigenvalue weighted by Crippen LogP contribution is 2.20. The lowest BCUT2D eigenvalue weighted by molar-refractivity contribution is 0.0782. The van der Waals surface area contributed by atoms with Crippen LogP contribution in [-0.4, -0.2) is 34.9 Å². The van der Waals surface area contributed by atoms with Gasteiger partial charge in [0.05, 0.1) is 5.69 Å². The first kappa shape index (κ1) is 14.4. The summed E-state index contributed by atoms with van der Waals surface area (Å²) in [5, 5.41) is 3.26. The lowest BCUT2D eigenvalue weighted by Gasteiger charge is -2.18. The van der Waals surface area contributed by atoms with Gasteiger partial charge < -0.3 is 10.2 Å². The van der Waals surface area contributed by atoms with Crippen molar-refractivity contribution >= 4 is 11.6 Å². The minimum absolute atomic E-state index is 0.0444. The Hall–Kier alpha value is -2.50. The second-order valence-corrected chi connectivity index (χ2v) is 5.22. The number of rotatable bonds is 3. The van der Waals surface area contributed by atoms with Gasteiger partial charge in [-0.15, -0.1) is 0 Å². The Bertz CT molecular complexity index is 658. The zero-order valence-electron chi connectivity index (χ0n) is 11.8. The smallest absolute Gasteiger partial charge is 0.259 e. The molecular weight excluding hydrogens is 288 g/mol. The van der Waals surface area contributed by atoms with Gasteiger partial charge in [-0.05, 0) is 30.7 Å². The molecule has 0 radical (unpaired) electrons. The molecule has 1 fully saturated rings. The Kier molecular flexibility index (Phi) is 4.00. The summed E-state index contributed by atoms with van der Waals surface area (Å²) in [4.78, 5) is 17.8. The Morgan fingerprint density at radius 2 is 2.00 bits per heavy atom. The van der Waals surface area contributed by atoms with E-state index in [4.69, 9.17) is 0 Å². The number of benzene rings is 1. The van der Waals surface area contributed by atoms with Crippen molar-refractivity contribution in [3.05, 3.63) is 59.9 Å². The van der Waals surface area contributed by atoms with Crippen molar-refractivity contribution in [2.45, 2.75) is 12.5 Å². The first-order chi connectivity index (χ1) is 10.6. The number of hydrogen-bond donors (Lipinski definition) is 1. The highest BCUT2D eigenvalue weighted by Gasteiger charge is 2.30. The molecule has 1 aliphatic heterocycles. The number of pyridine rings is 1. The van der Waals surface area contributed by atoms with Crippen LogP contribution < -0.4 is 5.32 Å². The van der Waals surface area contributed by atoms with Gasteiger partial charge in [-0.3, -0.25) is 9.78 Å². The number of halogens is 2. The maximum atomic E-state index is 13.7. The number of carbonyl (C=O) groups is 1. The Morgan fingerprint density at radius 3 is 2.68 bits per heavy atom. The summed E-state index contributed by atoms with van der Waals surface area (Å²) in [5.74, 6) is -2.26. The van der Waals surface area contributed by atoms with Crippen molar-refractivity contribution in [2.75, 3.05) is 18.4 Å². The number of nitrogens with one attached hydrogen (secondary N) is 1. The molecule has 2 heterocycles. The summed E-state index contributed by atoms with van der Waals surface area (Å²) in [7, 11) is 0. The van der Waals surface area contributed by atoms with Crippen LogP contribution >= 0.6 is 0 Å². The summed E-state index contributed by atoms with van der Waals surface area (Å²) in [6.45, 7) is 0.867. The van der Waals surface area contributed by atoms with E-state index in [1.165, 1.54) is 11.0 Å². The molecule has 22 heavy (non-hydrogen) atoms. The van der Waals surface area contributed by atoms with Crippen LogP contribution in [0.2, 0.25) is 0 Å². The molecule has 1 N–H and O–H groups in total.